The zero-order valence-electron chi connectivity index (χ0n) is 18.2. The van der Waals surface area contributed by atoms with Crippen molar-refractivity contribution in [1.82, 2.24) is 10.1 Å². The monoisotopic (exact) mass is 445 g/mol. The normalized spacial score (nSPS) is 22.7. The number of benzene rings is 1. The molecule has 1 aromatic heterocycles. The van der Waals surface area contributed by atoms with Crippen LogP contribution in [0.4, 0.5) is 19.3 Å². The summed E-state index contributed by atoms with van der Waals surface area (Å²) >= 11 is 0. The first-order valence-corrected chi connectivity index (χ1v) is 11.1. The molecule has 4 rings (SSSR count). The Morgan fingerprint density at radius 1 is 1.38 bits per heavy atom. The molecule has 172 valence electrons. The van der Waals surface area contributed by atoms with E-state index in [1.54, 1.807) is 4.90 Å². The molecule has 2 aliphatic rings. The Morgan fingerprint density at radius 2 is 2.19 bits per heavy atom. The lowest BCUT2D eigenvalue weighted by molar-refractivity contribution is -0.0498. The minimum absolute atomic E-state index is 0.0426. The molecule has 0 spiro atoms. The number of piperidine rings is 1. The summed E-state index contributed by atoms with van der Waals surface area (Å²) in [7, 11) is 0. The van der Waals surface area contributed by atoms with E-state index in [1.165, 1.54) is 18.0 Å². The standard InChI is InChI=1S/C24H29F2N3O3/c1-17-14-29(23(30)28-21-13-27-32-16-21)10-7-20(17)11-19-3-2-4-22(12-19)31-15-18-5-8-24(25,26)9-6-18/h2-4,11-13,16-18H,5-10,14-15H2,1H3,(H,28,30). The van der Waals surface area contributed by atoms with Gasteiger partial charge in [-0.15, -0.1) is 0 Å². The van der Waals surface area contributed by atoms with Gasteiger partial charge in [-0.3, -0.25) is 0 Å². The number of halogens is 2. The van der Waals surface area contributed by atoms with Gasteiger partial charge in [0.05, 0.1) is 12.8 Å². The Morgan fingerprint density at radius 3 is 2.91 bits per heavy atom. The molecule has 1 aliphatic heterocycles. The third-order valence-electron chi connectivity index (χ3n) is 6.30. The van der Waals surface area contributed by atoms with Gasteiger partial charge in [0.15, 0.2) is 0 Å². The summed E-state index contributed by atoms with van der Waals surface area (Å²) in [5.74, 6) is -1.34. The van der Waals surface area contributed by atoms with Crippen LogP contribution in [0, 0.1) is 11.8 Å². The molecular weight excluding hydrogens is 416 g/mol. The van der Waals surface area contributed by atoms with Crippen LogP contribution in [-0.2, 0) is 0 Å². The van der Waals surface area contributed by atoms with Crippen molar-refractivity contribution in [2.45, 2.75) is 45.0 Å². The molecule has 6 nitrogen and oxygen atoms in total. The Hall–Kier alpha value is -2.90. The first-order chi connectivity index (χ1) is 15.4. The number of nitrogens with one attached hydrogen (secondary N) is 1. The van der Waals surface area contributed by atoms with E-state index < -0.39 is 5.92 Å². The highest BCUT2D eigenvalue weighted by Gasteiger charge is 2.35. The fourth-order valence-electron chi connectivity index (χ4n) is 4.31. The predicted molar refractivity (Wildman–Crippen MR) is 118 cm³/mol. The number of ether oxygens (including phenoxy) is 1. The minimum atomic E-state index is -2.51. The summed E-state index contributed by atoms with van der Waals surface area (Å²) in [5.41, 5.74) is 2.87. The smallest absolute Gasteiger partial charge is 0.322 e. The molecule has 1 aliphatic carbocycles. The lowest BCUT2D eigenvalue weighted by atomic mass is 9.87. The second kappa shape index (κ2) is 9.71. The van der Waals surface area contributed by atoms with Crippen molar-refractivity contribution in [1.29, 1.82) is 0 Å². The minimum Gasteiger partial charge on any atom is -0.493 e. The average molecular weight is 446 g/mol. The maximum atomic E-state index is 13.3. The fraction of sp³-hybridized carbons (Fsp3) is 0.500. The molecule has 8 heteroatoms. The predicted octanol–water partition coefficient (Wildman–Crippen LogP) is 5.84. The van der Waals surface area contributed by atoms with Crippen LogP contribution in [-0.4, -0.2) is 41.7 Å². The van der Waals surface area contributed by atoms with E-state index in [2.05, 4.69) is 23.5 Å². The van der Waals surface area contributed by atoms with Gasteiger partial charge in [-0.2, -0.15) is 0 Å². The Labute approximate surface area is 186 Å². The quantitative estimate of drug-likeness (QED) is 0.628. The highest BCUT2D eigenvalue weighted by Crippen LogP contribution is 2.36. The number of hydrogen-bond donors (Lipinski definition) is 1. The van der Waals surface area contributed by atoms with E-state index in [0.29, 0.717) is 38.2 Å². The third-order valence-corrected chi connectivity index (χ3v) is 6.30. The van der Waals surface area contributed by atoms with Crippen molar-refractivity contribution in [3.05, 3.63) is 47.9 Å². The van der Waals surface area contributed by atoms with Crippen molar-refractivity contribution >= 4 is 17.8 Å². The summed E-state index contributed by atoms with van der Waals surface area (Å²) < 4.78 is 37.3. The number of hydrogen-bond acceptors (Lipinski definition) is 4. The van der Waals surface area contributed by atoms with Crippen molar-refractivity contribution < 1.29 is 22.8 Å². The van der Waals surface area contributed by atoms with Crippen molar-refractivity contribution in [2.75, 3.05) is 25.0 Å². The molecule has 1 atom stereocenters. The van der Waals surface area contributed by atoms with Crippen LogP contribution in [0.15, 0.2) is 46.8 Å². The van der Waals surface area contributed by atoms with Crippen LogP contribution >= 0.6 is 0 Å². The largest absolute Gasteiger partial charge is 0.493 e. The van der Waals surface area contributed by atoms with Gasteiger partial charge in [-0.05, 0) is 48.8 Å². The van der Waals surface area contributed by atoms with Crippen LogP contribution in [0.25, 0.3) is 6.08 Å². The molecule has 2 aromatic rings. The lowest BCUT2D eigenvalue weighted by Crippen LogP contribution is -2.42. The first-order valence-electron chi connectivity index (χ1n) is 11.1. The topological polar surface area (TPSA) is 67.6 Å². The van der Waals surface area contributed by atoms with Gasteiger partial charge in [0.1, 0.15) is 17.7 Å². The van der Waals surface area contributed by atoms with Crippen molar-refractivity contribution in [2.24, 2.45) is 11.8 Å². The average Bonchev–Trinajstić information content (AvgIpc) is 3.28. The van der Waals surface area contributed by atoms with Crippen LogP contribution in [0.3, 0.4) is 0 Å². The van der Waals surface area contributed by atoms with Crippen LogP contribution < -0.4 is 10.1 Å². The summed E-state index contributed by atoms with van der Waals surface area (Å²) in [6.07, 6.45) is 6.75. The van der Waals surface area contributed by atoms with Crippen molar-refractivity contribution in [3.63, 3.8) is 0 Å². The molecule has 1 N–H and O–H groups in total. The summed E-state index contributed by atoms with van der Waals surface area (Å²) in [4.78, 5) is 14.2. The maximum absolute atomic E-state index is 13.3. The molecule has 1 unspecified atom stereocenters. The number of carbonyl (C=O) groups is 1. The Bertz CT molecular complexity index is 936. The van der Waals surface area contributed by atoms with Gasteiger partial charge in [-0.25, -0.2) is 13.6 Å². The van der Waals surface area contributed by atoms with Crippen LogP contribution in [0.2, 0.25) is 0 Å². The Balaban J connectivity index is 1.30. The molecule has 2 amide bonds. The van der Waals surface area contributed by atoms with Crippen LogP contribution in [0.1, 0.15) is 44.6 Å². The van der Waals surface area contributed by atoms with Gasteiger partial charge in [0.25, 0.3) is 0 Å². The van der Waals surface area contributed by atoms with Gasteiger partial charge in [0.2, 0.25) is 5.92 Å². The molecule has 1 saturated carbocycles. The highest BCUT2D eigenvalue weighted by molar-refractivity contribution is 5.89. The number of likely N-dealkylation sites (tertiary alicyclic amines) is 1. The molecule has 0 bridgehead atoms. The number of anilines is 1. The molecular formula is C24H29F2N3O3. The molecule has 0 radical (unpaired) electrons. The molecule has 2 heterocycles. The SMILES string of the molecule is CC1CN(C(=O)Nc2cnoc2)CCC1=Cc1cccc(OCC2CCC(F)(F)CC2)c1. The highest BCUT2D eigenvalue weighted by atomic mass is 19.3. The number of amides is 2. The number of urea groups is 1. The molecule has 1 saturated heterocycles. The van der Waals surface area contributed by atoms with Gasteiger partial charge in [0, 0.05) is 25.9 Å². The number of nitrogens with zero attached hydrogens (tertiary/aromatic N) is 2. The number of rotatable bonds is 5. The van der Waals surface area contributed by atoms with E-state index in [9.17, 15) is 13.6 Å². The molecule has 2 fully saturated rings. The third kappa shape index (κ3) is 5.87. The van der Waals surface area contributed by atoms with Crippen molar-refractivity contribution in [3.8, 4) is 5.75 Å². The summed E-state index contributed by atoms with van der Waals surface area (Å²) in [5, 5.41) is 6.37. The summed E-state index contributed by atoms with van der Waals surface area (Å²) in [6.45, 7) is 3.86. The zero-order chi connectivity index (χ0) is 22.6. The number of aromatic nitrogens is 1. The van der Waals surface area contributed by atoms with E-state index in [0.717, 1.165) is 17.7 Å². The van der Waals surface area contributed by atoms with E-state index >= 15 is 0 Å². The second-order valence-electron chi connectivity index (χ2n) is 8.84. The van der Waals surface area contributed by atoms with E-state index in [-0.39, 0.29) is 30.7 Å². The van der Waals surface area contributed by atoms with Gasteiger partial charge >= 0.3 is 6.03 Å². The summed E-state index contributed by atoms with van der Waals surface area (Å²) in [6, 6.07) is 7.71. The van der Waals surface area contributed by atoms with Gasteiger partial charge < -0.3 is 19.5 Å². The first kappa shape index (κ1) is 22.3. The lowest BCUT2D eigenvalue weighted by Gasteiger charge is -2.33. The Kier molecular flexibility index (Phi) is 6.77. The zero-order valence-corrected chi connectivity index (χ0v) is 18.2. The van der Waals surface area contributed by atoms with E-state index in [4.69, 9.17) is 9.26 Å². The van der Waals surface area contributed by atoms with Gasteiger partial charge in [-0.1, -0.05) is 35.9 Å². The van der Waals surface area contributed by atoms with E-state index in [1.807, 2.05) is 24.3 Å². The fourth-order valence-corrected chi connectivity index (χ4v) is 4.31. The second-order valence-corrected chi connectivity index (χ2v) is 8.84. The number of alkyl halides is 2. The van der Waals surface area contributed by atoms with Crippen LogP contribution in [0.5, 0.6) is 5.75 Å². The molecule has 1 aromatic carbocycles. The number of carbonyl (C=O) groups excluding carboxylic acids is 1. The molecule has 32 heavy (non-hydrogen) atoms. The maximum Gasteiger partial charge on any atom is 0.322 e.